The van der Waals surface area contributed by atoms with Gasteiger partial charge in [0.1, 0.15) is 6.34 Å². The van der Waals surface area contributed by atoms with Crippen molar-refractivity contribution in [1.29, 1.82) is 0 Å². The molecule has 2 rings (SSSR count). The second kappa shape index (κ2) is 3.41. The molecule has 0 spiro atoms. The lowest BCUT2D eigenvalue weighted by atomic mass is 10.3. The molecule has 14 heavy (non-hydrogen) atoms. The van der Waals surface area contributed by atoms with Crippen LogP contribution in [-0.4, -0.2) is 24.1 Å². The van der Waals surface area contributed by atoms with Crippen molar-refractivity contribution in [3.05, 3.63) is 18.1 Å². The first-order valence-corrected chi connectivity index (χ1v) is 4.00. The van der Waals surface area contributed by atoms with E-state index < -0.39 is 5.82 Å². The SMILES string of the molecule is Nc1ccnc(N2C=NN=CC2)c1F. The molecule has 0 atom stereocenters. The zero-order valence-corrected chi connectivity index (χ0v) is 7.26. The van der Waals surface area contributed by atoms with Crippen molar-refractivity contribution in [2.24, 2.45) is 10.2 Å². The Kier molecular flexibility index (Phi) is 2.10. The Hall–Kier alpha value is -1.98. The average molecular weight is 193 g/mol. The van der Waals surface area contributed by atoms with Crippen molar-refractivity contribution in [1.82, 2.24) is 4.98 Å². The quantitative estimate of drug-likeness (QED) is 0.711. The lowest BCUT2D eigenvalue weighted by molar-refractivity contribution is 0.626. The molecule has 0 saturated carbocycles. The zero-order chi connectivity index (χ0) is 9.97. The lowest BCUT2D eigenvalue weighted by Gasteiger charge is -2.18. The lowest BCUT2D eigenvalue weighted by Crippen LogP contribution is -2.27. The van der Waals surface area contributed by atoms with E-state index in [0.717, 1.165) is 0 Å². The standard InChI is InChI=1S/C8H8FN5/c9-7-6(10)1-2-11-8(7)14-4-3-12-13-5-14/h1-3,5H,4H2,(H2,10,11). The Morgan fingerprint density at radius 1 is 1.43 bits per heavy atom. The van der Waals surface area contributed by atoms with Crippen LogP contribution in [0.2, 0.25) is 0 Å². The number of nitrogen functional groups attached to an aromatic ring is 1. The van der Waals surface area contributed by atoms with Crippen molar-refractivity contribution >= 4 is 24.1 Å². The predicted molar refractivity (Wildman–Crippen MR) is 52.9 cm³/mol. The molecule has 1 aliphatic rings. The summed E-state index contributed by atoms with van der Waals surface area (Å²) >= 11 is 0. The van der Waals surface area contributed by atoms with Crippen molar-refractivity contribution in [3.63, 3.8) is 0 Å². The molecule has 0 bridgehead atoms. The van der Waals surface area contributed by atoms with Gasteiger partial charge < -0.3 is 10.6 Å². The minimum atomic E-state index is -0.533. The first-order chi connectivity index (χ1) is 6.79. The van der Waals surface area contributed by atoms with Crippen molar-refractivity contribution in [2.45, 2.75) is 0 Å². The molecular formula is C8H8FN5. The maximum absolute atomic E-state index is 13.5. The minimum absolute atomic E-state index is 0.0749. The van der Waals surface area contributed by atoms with Crippen LogP contribution in [0.1, 0.15) is 0 Å². The Balaban J connectivity index is 2.36. The molecule has 2 heterocycles. The molecule has 72 valence electrons. The van der Waals surface area contributed by atoms with E-state index in [4.69, 9.17) is 5.73 Å². The van der Waals surface area contributed by atoms with E-state index in [-0.39, 0.29) is 11.5 Å². The van der Waals surface area contributed by atoms with Crippen LogP contribution in [0.25, 0.3) is 0 Å². The van der Waals surface area contributed by atoms with Crippen LogP contribution in [-0.2, 0) is 0 Å². The van der Waals surface area contributed by atoms with Gasteiger partial charge in [-0.2, -0.15) is 5.10 Å². The highest BCUT2D eigenvalue weighted by Gasteiger charge is 2.13. The van der Waals surface area contributed by atoms with E-state index in [2.05, 4.69) is 15.2 Å². The van der Waals surface area contributed by atoms with Gasteiger partial charge in [-0.05, 0) is 6.07 Å². The fraction of sp³-hybridized carbons (Fsp3) is 0.125. The van der Waals surface area contributed by atoms with Gasteiger partial charge >= 0.3 is 0 Å². The summed E-state index contributed by atoms with van der Waals surface area (Å²) in [6.45, 7) is 0.441. The summed E-state index contributed by atoms with van der Waals surface area (Å²) in [6, 6.07) is 1.41. The molecule has 0 amide bonds. The monoisotopic (exact) mass is 193 g/mol. The number of hydrogen-bond donors (Lipinski definition) is 1. The third-order valence-electron chi connectivity index (χ3n) is 1.79. The van der Waals surface area contributed by atoms with E-state index >= 15 is 0 Å². The number of nitrogens with two attached hydrogens (primary N) is 1. The molecule has 5 nitrogen and oxygen atoms in total. The van der Waals surface area contributed by atoms with Crippen molar-refractivity contribution < 1.29 is 4.39 Å². The number of halogens is 1. The maximum Gasteiger partial charge on any atom is 0.188 e. The second-order valence-electron chi connectivity index (χ2n) is 2.72. The summed E-state index contributed by atoms with van der Waals surface area (Å²) in [6.07, 6.45) is 4.42. The molecule has 0 radical (unpaired) electrons. The smallest absolute Gasteiger partial charge is 0.188 e. The fourth-order valence-electron chi connectivity index (χ4n) is 1.10. The van der Waals surface area contributed by atoms with Crippen LogP contribution >= 0.6 is 0 Å². The topological polar surface area (TPSA) is 66.9 Å². The summed E-state index contributed by atoms with van der Waals surface area (Å²) in [4.78, 5) is 5.41. The zero-order valence-electron chi connectivity index (χ0n) is 7.26. The maximum atomic E-state index is 13.5. The highest BCUT2D eigenvalue weighted by atomic mass is 19.1. The number of hydrogen-bond acceptors (Lipinski definition) is 5. The molecule has 0 saturated heterocycles. The van der Waals surface area contributed by atoms with Crippen LogP contribution in [0, 0.1) is 5.82 Å². The summed E-state index contributed by atoms with van der Waals surface area (Å²) in [7, 11) is 0. The van der Waals surface area contributed by atoms with E-state index in [0.29, 0.717) is 6.54 Å². The Morgan fingerprint density at radius 2 is 2.29 bits per heavy atom. The highest BCUT2D eigenvalue weighted by Crippen LogP contribution is 2.19. The van der Waals surface area contributed by atoms with Crippen molar-refractivity contribution in [2.75, 3.05) is 17.2 Å². The molecule has 0 fully saturated rings. The van der Waals surface area contributed by atoms with Gasteiger partial charge in [0.15, 0.2) is 11.6 Å². The second-order valence-corrected chi connectivity index (χ2v) is 2.72. The molecule has 0 unspecified atom stereocenters. The van der Waals surface area contributed by atoms with E-state index in [9.17, 15) is 4.39 Å². The molecule has 2 N–H and O–H groups in total. The summed E-state index contributed by atoms with van der Waals surface area (Å²) in [5.41, 5.74) is 5.48. The third-order valence-corrected chi connectivity index (χ3v) is 1.79. The molecule has 1 aromatic heterocycles. The van der Waals surface area contributed by atoms with Crippen LogP contribution in [0.3, 0.4) is 0 Å². The van der Waals surface area contributed by atoms with Gasteiger partial charge in [-0.1, -0.05) is 0 Å². The highest BCUT2D eigenvalue weighted by molar-refractivity contribution is 5.86. The number of anilines is 2. The van der Waals surface area contributed by atoms with Gasteiger partial charge in [0.05, 0.1) is 12.2 Å². The number of rotatable bonds is 1. The first kappa shape index (κ1) is 8.61. The predicted octanol–water partition coefficient (Wildman–Crippen LogP) is 0.637. The number of nitrogens with zero attached hydrogens (tertiary/aromatic N) is 4. The largest absolute Gasteiger partial charge is 0.396 e. The minimum Gasteiger partial charge on any atom is -0.396 e. The molecule has 0 aromatic carbocycles. The normalized spacial score (nSPS) is 14.8. The van der Waals surface area contributed by atoms with Crippen LogP contribution < -0.4 is 10.6 Å². The summed E-state index contributed by atoms with van der Waals surface area (Å²) in [5, 5.41) is 7.25. The van der Waals surface area contributed by atoms with Gasteiger partial charge in [0.25, 0.3) is 0 Å². The molecule has 6 heteroatoms. The van der Waals surface area contributed by atoms with Crippen LogP contribution in [0.15, 0.2) is 22.5 Å². The van der Waals surface area contributed by atoms with Crippen LogP contribution in [0.5, 0.6) is 0 Å². The fourth-order valence-corrected chi connectivity index (χ4v) is 1.10. The average Bonchev–Trinajstić information content (AvgIpc) is 2.23. The Morgan fingerprint density at radius 3 is 3.00 bits per heavy atom. The van der Waals surface area contributed by atoms with E-state index in [1.807, 2.05) is 0 Å². The summed E-state index contributed by atoms with van der Waals surface area (Å²) in [5.74, 6) is -0.367. The van der Waals surface area contributed by atoms with Crippen LogP contribution in [0.4, 0.5) is 15.9 Å². The van der Waals surface area contributed by atoms with Gasteiger partial charge in [0, 0.05) is 12.4 Å². The Bertz CT molecular complexity index is 401. The van der Waals surface area contributed by atoms with E-state index in [1.54, 1.807) is 6.21 Å². The Labute approximate surface area is 79.8 Å². The van der Waals surface area contributed by atoms with Gasteiger partial charge in [-0.3, -0.25) is 0 Å². The van der Waals surface area contributed by atoms with Crippen molar-refractivity contribution in [3.8, 4) is 0 Å². The molecular weight excluding hydrogens is 185 g/mol. The van der Waals surface area contributed by atoms with E-state index in [1.165, 1.54) is 23.5 Å². The summed E-state index contributed by atoms with van der Waals surface area (Å²) < 4.78 is 13.5. The van der Waals surface area contributed by atoms with Gasteiger partial charge in [-0.25, -0.2) is 9.37 Å². The molecule has 0 aliphatic carbocycles. The van der Waals surface area contributed by atoms with Gasteiger partial charge in [0.2, 0.25) is 0 Å². The third kappa shape index (κ3) is 1.41. The molecule has 1 aromatic rings. The number of pyridine rings is 1. The molecule has 1 aliphatic heterocycles. The number of aromatic nitrogens is 1. The van der Waals surface area contributed by atoms with Gasteiger partial charge in [-0.15, -0.1) is 5.10 Å². The first-order valence-electron chi connectivity index (χ1n) is 4.00.